The molecule has 8 nitrogen and oxygen atoms in total. The van der Waals surface area contributed by atoms with Crippen LogP contribution in [0.1, 0.15) is 69.1 Å². The zero-order valence-corrected chi connectivity index (χ0v) is 18.6. The van der Waals surface area contributed by atoms with Crippen molar-refractivity contribution < 1.29 is 18.8 Å². The molecular formula is C23H30N4O4. The Morgan fingerprint density at radius 2 is 1.97 bits per heavy atom. The highest BCUT2D eigenvalue weighted by Gasteiger charge is 2.46. The summed E-state index contributed by atoms with van der Waals surface area (Å²) >= 11 is 0. The van der Waals surface area contributed by atoms with Gasteiger partial charge in [-0.3, -0.25) is 9.59 Å². The number of aromatic nitrogens is 3. The van der Waals surface area contributed by atoms with E-state index in [4.69, 9.17) is 14.2 Å². The molecule has 1 aliphatic heterocycles. The first-order chi connectivity index (χ1) is 14.7. The number of cyclic esters (lactones) is 1. The molecule has 31 heavy (non-hydrogen) atoms. The summed E-state index contributed by atoms with van der Waals surface area (Å²) in [6, 6.07) is 1.91. The topological polar surface area (TPSA) is 107 Å². The maximum absolute atomic E-state index is 12.6. The summed E-state index contributed by atoms with van der Waals surface area (Å²) < 4.78 is 10.7. The molecule has 2 fully saturated rings. The first kappa shape index (κ1) is 21.5. The Hall–Kier alpha value is -2.77. The molecule has 1 atom stereocenters. The standard InChI is InChI=1S/C23H30N4O4/c1-13-9-19(31-27-13)17-12-24-14(2)26-21(17)16-7-5-15(6-8-16)11-25-22(29)18-10-20(28)30-23(18,3)4/h9,12,15-16,18H,5-8,10-11H2,1-4H3,(H,25,29). The van der Waals surface area contributed by atoms with Gasteiger partial charge in [0.05, 0.1) is 29.3 Å². The first-order valence-corrected chi connectivity index (χ1v) is 11.0. The van der Waals surface area contributed by atoms with Gasteiger partial charge in [0.2, 0.25) is 5.91 Å². The molecule has 1 N–H and O–H groups in total. The number of hydrogen-bond acceptors (Lipinski definition) is 7. The molecule has 0 bridgehead atoms. The number of ether oxygens (including phenoxy) is 1. The van der Waals surface area contributed by atoms with E-state index in [-0.39, 0.29) is 18.3 Å². The zero-order valence-electron chi connectivity index (χ0n) is 18.6. The molecule has 0 spiro atoms. The van der Waals surface area contributed by atoms with E-state index in [1.165, 1.54) is 0 Å². The van der Waals surface area contributed by atoms with Gasteiger partial charge in [0, 0.05) is 24.7 Å². The summed E-state index contributed by atoms with van der Waals surface area (Å²) in [5.74, 6) is 1.39. The largest absolute Gasteiger partial charge is 0.459 e. The molecule has 0 radical (unpaired) electrons. The van der Waals surface area contributed by atoms with Gasteiger partial charge in [0.1, 0.15) is 11.4 Å². The van der Waals surface area contributed by atoms with Crippen LogP contribution in [-0.2, 0) is 14.3 Å². The van der Waals surface area contributed by atoms with Crippen LogP contribution >= 0.6 is 0 Å². The van der Waals surface area contributed by atoms with Crippen LogP contribution in [0.15, 0.2) is 16.8 Å². The zero-order chi connectivity index (χ0) is 22.2. The van der Waals surface area contributed by atoms with Gasteiger partial charge in [-0.1, -0.05) is 5.16 Å². The Morgan fingerprint density at radius 1 is 1.23 bits per heavy atom. The van der Waals surface area contributed by atoms with Gasteiger partial charge in [-0.2, -0.15) is 0 Å². The van der Waals surface area contributed by atoms with Crippen LogP contribution < -0.4 is 5.32 Å². The Morgan fingerprint density at radius 3 is 2.58 bits per heavy atom. The van der Waals surface area contributed by atoms with E-state index in [0.29, 0.717) is 24.1 Å². The van der Waals surface area contributed by atoms with E-state index in [2.05, 4.69) is 15.5 Å². The number of rotatable bonds is 5. The molecule has 1 saturated heterocycles. The number of hydrogen-bond donors (Lipinski definition) is 1. The fourth-order valence-corrected chi connectivity index (χ4v) is 4.71. The highest BCUT2D eigenvalue weighted by atomic mass is 16.6. The molecular weight excluding hydrogens is 396 g/mol. The van der Waals surface area contributed by atoms with Gasteiger partial charge in [-0.15, -0.1) is 0 Å². The molecule has 0 aromatic carbocycles. The minimum Gasteiger partial charge on any atom is -0.459 e. The van der Waals surface area contributed by atoms with Gasteiger partial charge in [-0.05, 0) is 59.3 Å². The lowest BCUT2D eigenvalue weighted by Gasteiger charge is -2.30. The fraction of sp³-hybridized carbons (Fsp3) is 0.609. The van der Waals surface area contributed by atoms with E-state index in [9.17, 15) is 9.59 Å². The lowest BCUT2D eigenvalue weighted by molar-refractivity contribution is -0.147. The second kappa shape index (κ2) is 8.40. The van der Waals surface area contributed by atoms with Crippen molar-refractivity contribution in [2.24, 2.45) is 11.8 Å². The molecule has 1 unspecified atom stereocenters. The minimum atomic E-state index is -0.737. The molecule has 2 aliphatic rings. The molecule has 1 aliphatic carbocycles. The SMILES string of the molecule is Cc1cc(-c2cnc(C)nc2C2CCC(CNC(=O)C3CC(=O)OC3(C)C)CC2)on1. The molecule has 166 valence electrons. The second-order valence-corrected chi connectivity index (χ2v) is 9.35. The minimum absolute atomic E-state index is 0.0904. The molecule has 3 heterocycles. The number of carbonyl (C=O) groups is 2. The lowest BCUT2D eigenvalue weighted by atomic mass is 9.79. The number of nitrogens with zero attached hydrogens (tertiary/aromatic N) is 3. The highest BCUT2D eigenvalue weighted by molar-refractivity contribution is 5.87. The van der Waals surface area contributed by atoms with Crippen molar-refractivity contribution in [3.8, 4) is 11.3 Å². The molecule has 2 aromatic rings. The van der Waals surface area contributed by atoms with Crippen molar-refractivity contribution in [2.75, 3.05) is 6.54 Å². The summed E-state index contributed by atoms with van der Waals surface area (Å²) in [6.45, 7) is 8.02. The van der Waals surface area contributed by atoms with Crippen molar-refractivity contribution in [3.05, 3.63) is 29.5 Å². The van der Waals surface area contributed by atoms with E-state index in [0.717, 1.165) is 48.5 Å². The second-order valence-electron chi connectivity index (χ2n) is 9.35. The smallest absolute Gasteiger partial charge is 0.307 e. The van der Waals surface area contributed by atoms with E-state index in [1.54, 1.807) is 13.8 Å². The Balaban J connectivity index is 1.36. The fourth-order valence-electron chi connectivity index (χ4n) is 4.71. The summed E-state index contributed by atoms with van der Waals surface area (Å²) in [7, 11) is 0. The van der Waals surface area contributed by atoms with Crippen LogP contribution in [0.5, 0.6) is 0 Å². The first-order valence-electron chi connectivity index (χ1n) is 11.0. The average Bonchev–Trinajstić information content (AvgIpc) is 3.27. The normalized spacial score (nSPS) is 25.3. The Bertz CT molecular complexity index is 976. The van der Waals surface area contributed by atoms with E-state index < -0.39 is 11.5 Å². The number of carbonyl (C=O) groups excluding carboxylic acids is 2. The lowest BCUT2D eigenvalue weighted by Crippen LogP contribution is -2.42. The van der Waals surface area contributed by atoms with Gasteiger partial charge >= 0.3 is 5.97 Å². The van der Waals surface area contributed by atoms with Crippen LogP contribution in [0.3, 0.4) is 0 Å². The monoisotopic (exact) mass is 426 g/mol. The maximum atomic E-state index is 12.6. The van der Waals surface area contributed by atoms with Crippen LogP contribution in [0.4, 0.5) is 0 Å². The predicted molar refractivity (Wildman–Crippen MR) is 113 cm³/mol. The molecule has 8 heteroatoms. The Labute approximate surface area is 182 Å². The van der Waals surface area contributed by atoms with Crippen LogP contribution in [-0.4, -0.2) is 39.1 Å². The van der Waals surface area contributed by atoms with Crippen LogP contribution in [0.2, 0.25) is 0 Å². The summed E-state index contributed by atoms with van der Waals surface area (Å²) in [4.78, 5) is 33.3. The number of nitrogens with one attached hydrogen (secondary N) is 1. The average molecular weight is 427 g/mol. The van der Waals surface area contributed by atoms with Crippen molar-refractivity contribution in [1.82, 2.24) is 20.4 Å². The molecule has 1 saturated carbocycles. The third kappa shape index (κ3) is 4.62. The predicted octanol–water partition coefficient (Wildman–Crippen LogP) is 3.48. The number of esters is 1. The third-order valence-electron chi connectivity index (χ3n) is 6.53. The van der Waals surface area contributed by atoms with E-state index in [1.807, 2.05) is 26.1 Å². The molecule has 4 rings (SSSR count). The Kier molecular flexibility index (Phi) is 5.81. The quantitative estimate of drug-likeness (QED) is 0.729. The summed E-state index contributed by atoms with van der Waals surface area (Å²) in [5, 5.41) is 7.06. The van der Waals surface area contributed by atoms with Gasteiger partial charge < -0.3 is 14.6 Å². The van der Waals surface area contributed by atoms with Gasteiger partial charge in [0.25, 0.3) is 0 Å². The summed E-state index contributed by atoms with van der Waals surface area (Å²) in [5.41, 5.74) is 2.03. The number of amides is 1. The molecule has 2 aromatic heterocycles. The number of aryl methyl sites for hydroxylation is 2. The van der Waals surface area contributed by atoms with Crippen LogP contribution in [0, 0.1) is 25.7 Å². The van der Waals surface area contributed by atoms with Crippen LogP contribution in [0.25, 0.3) is 11.3 Å². The van der Waals surface area contributed by atoms with Crippen molar-refractivity contribution >= 4 is 11.9 Å². The molecule has 1 amide bonds. The van der Waals surface area contributed by atoms with Gasteiger partial charge in [-0.25, -0.2) is 9.97 Å². The van der Waals surface area contributed by atoms with Crippen molar-refractivity contribution in [2.45, 2.75) is 71.3 Å². The van der Waals surface area contributed by atoms with Crippen molar-refractivity contribution in [3.63, 3.8) is 0 Å². The maximum Gasteiger partial charge on any atom is 0.307 e. The summed E-state index contributed by atoms with van der Waals surface area (Å²) in [6.07, 6.45) is 5.99. The van der Waals surface area contributed by atoms with Gasteiger partial charge in [0.15, 0.2) is 5.76 Å². The van der Waals surface area contributed by atoms with E-state index >= 15 is 0 Å². The third-order valence-corrected chi connectivity index (χ3v) is 6.53. The highest BCUT2D eigenvalue weighted by Crippen LogP contribution is 2.39. The van der Waals surface area contributed by atoms with Crippen molar-refractivity contribution in [1.29, 1.82) is 0 Å².